The number of benzene rings is 1. The first-order chi connectivity index (χ1) is 7.79. The molecule has 3 nitrogen and oxygen atoms in total. The number of para-hydroxylation sites is 1. The summed E-state index contributed by atoms with van der Waals surface area (Å²) in [6, 6.07) is 7.74. The van der Waals surface area contributed by atoms with Crippen molar-refractivity contribution in [1.29, 1.82) is 0 Å². The van der Waals surface area contributed by atoms with Gasteiger partial charge in [-0.05, 0) is 18.4 Å². The summed E-state index contributed by atoms with van der Waals surface area (Å²) >= 11 is 7.34. The van der Waals surface area contributed by atoms with E-state index >= 15 is 0 Å². The molecule has 0 bridgehead atoms. The lowest BCUT2D eigenvalue weighted by atomic mass is 10.3. The van der Waals surface area contributed by atoms with E-state index in [-0.39, 0.29) is 0 Å². The summed E-state index contributed by atoms with van der Waals surface area (Å²) in [5, 5.41) is 0.319. The van der Waals surface area contributed by atoms with Crippen LogP contribution in [0, 0.1) is 0 Å². The van der Waals surface area contributed by atoms with Gasteiger partial charge in [-0.15, -0.1) is 11.8 Å². The van der Waals surface area contributed by atoms with Crippen molar-refractivity contribution in [1.82, 2.24) is 9.97 Å². The van der Waals surface area contributed by atoms with E-state index in [4.69, 9.17) is 16.3 Å². The van der Waals surface area contributed by atoms with E-state index in [0.717, 1.165) is 10.6 Å². The van der Waals surface area contributed by atoms with Crippen LogP contribution >= 0.6 is 23.4 Å². The van der Waals surface area contributed by atoms with Crippen molar-refractivity contribution in [3.8, 4) is 11.6 Å². The molecule has 0 amide bonds. The van der Waals surface area contributed by atoms with Crippen molar-refractivity contribution >= 4 is 23.4 Å². The number of nitrogens with zero attached hydrogens (tertiary/aromatic N) is 2. The van der Waals surface area contributed by atoms with E-state index in [2.05, 4.69) is 9.97 Å². The zero-order chi connectivity index (χ0) is 11.4. The third-order valence-corrected chi connectivity index (χ3v) is 2.83. The summed E-state index contributed by atoms with van der Waals surface area (Å²) in [5.41, 5.74) is 0. The summed E-state index contributed by atoms with van der Waals surface area (Å²) in [6.45, 7) is 0. The van der Waals surface area contributed by atoms with Crippen molar-refractivity contribution in [2.45, 2.75) is 4.90 Å². The van der Waals surface area contributed by atoms with Crippen LogP contribution in [0.25, 0.3) is 0 Å². The Morgan fingerprint density at radius 1 is 1.25 bits per heavy atom. The maximum Gasteiger partial charge on any atom is 0.239 e. The topological polar surface area (TPSA) is 35.0 Å². The summed E-state index contributed by atoms with van der Waals surface area (Å²) in [4.78, 5) is 8.97. The molecule has 2 rings (SSSR count). The summed E-state index contributed by atoms with van der Waals surface area (Å²) in [6.07, 6.45) is 4.99. The average molecular weight is 253 g/mol. The second kappa shape index (κ2) is 5.18. The highest BCUT2D eigenvalue weighted by molar-refractivity contribution is 7.98. The lowest BCUT2D eigenvalue weighted by molar-refractivity contribution is 0.450. The number of hydrogen-bond donors (Lipinski definition) is 0. The Balaban J connectivity index is 2.26. The molecule has 2 aromatic rings. The van der Waals surface area contributed by atoms with Crippen molar-refractivity contribution in [3.05, 3.63) is 41.8 Å². The van der Waals surface area contributed by atoms with Gasteiger partial charge in [0.05, 0.1) is 12.4 Å². The molecule has 0 atom stereocenters. The SMILES string of the molecule is CSc1ccccc1Oc1cncc(Cl)n1. The molecule has 0 aliphatic rings. The Kier molecular flexibility index (Phi) is 3.64. The van der Waals surface area contributed by atoms with Crippen molar-refractivity contribution < 1.29 is 4.74 Å². The molecular formula is C11H9ClN2OS. The van der Waals surface area contributed by atoms with Crippen LogP contribution in [0.5, 0.6) is 11.6 Å². The zero-order valence-corrected chi connectivity index (χ0v) is 10.1. The molecular weight excluding hydrogens is 244 g/mol. The molecule has 0 aliphatic carbocycles. The van der Waals surface area contributed by atoms with Crippen LogP contribution in [0.3, 0.4) is 0 Å². The van der Waals surface area contributed by atoms with Gasteiger partial charge in [0.1, 0.15) is 5.75 Å². The van der Waals surface area contributed by atoms with Crippen LogP contribution in [0.1, 0.15) is 0 Å². The van der Waals surface area contributed by atoms with Crippen LogP contribution < -0.4 is 4.74 Å². The average Bonchev–Trinajstić information content (AvgIpc) is 2.30. The van der Waals surface area contributed by atoms with Crippen LogP contribution in [-0.4, -0.2) is 16.2 Å². The van der Waals surface area contributed by atoms with Gasteiger partial charge in [0.2, 0.25) is 5.88 Å². The minimum absolute atomic E-state index is 0.319. The molecule has 1 aromatic heterocycles. The standard InChI is InChI=1S/C11H9ClN2OS/c1-16-9-5-3-2-4-8(9)15-11-7-13-6-10(12)14-11/h2-7H,1H3. The fourth-order valence-electron chi connectivity index (χ4n) is 1.19. The number of hydrogen-bond acceptors (Lipinski definition) is 4. The van der Waals surface area contributed by atoms with Crippen LogP contribution in [0.2, 0.25) is 5.15 Å². The summed E-state index contributed by atoms with van der Waals surface area (Å²) < 4.78 is 5.60. The van der Waals surface area contributed by atoms with E-state index in [1.807, 2.05) is 30.5 Å². The van der Waals surface area contributed by atoms with Crippen molar-refractivity contribution in [3.63, 3.8) is 0 Å². The van der Waals surface area contributed by atoms with Gasteiger partial charge in [0, 0.05) is 4.90 Å². The smallest absolute Gasteiger partial charge is 0.239 e. The number of aromatic nitrogens is 2. The highest BCUT2D eigenvalue weighted by Crippen LogP contribution is 2.30. The minimum Gasteiger partial charge on any atom is -0.436 e. The Labute approximate surface area is 103 Å². The van der Waals surface area contributed by atoms with Gasteiger partial charge in [-0.3, -0.25) is 4.98 Å². The lowest BCUT2D eigenvalue weighted by Gasteiger charge is -2.07. The number of ether oxygens (including phenoxy) is 1. The molecule has 0 aliphatic heterocycles. The Hall–Kier alpha value is -1.26. The first-order valence-electron chi connectivity index (χ1n) is 4.58. The molecule has 5 heteroatoms. The molecule has 1 aromatic carbocycles. The second-order valence-electron chi connectivity index (χ2n) is 2.93. The van der Waals surface area contributed by atoms with Gasteiger partial charge in [-0.25, -0.2) is 0 Å². The minimum atomic E-state index is 0.319. The monoisotopic (exact) mass is 252 g/mol. The highest BCUT2D eigenvalue weighted by Gasteiger charge is 2.04. The Morgan fingerprint density at radius 2 is 2.06 bits per heavy atom. The molecule has 0 spiro atoms. The fourth-order valence-corrected chi connectivity index (χ4v) is 1.86. The van der Waals surface area contributed by atoms with E-state index in [1.54, 1.807) is 11.8 Å². The van der Waals surface area contributed by atoms with Crippen LogP contribution in [0.4, 0.5) is 0 Å². The molecule has 0 saturated carbocycles. The van der Waals surface area contributed by atoms with E-state index in [0.29, 0.717) is 11.0 Å². The van der Waals surface area contributed by atoms with Crippen molar-refractivity contribution in [2.24, 2.45) is 0 Å². The predicted octanol–water partition coefficient (Wildman–Crippen LogP) is 3.64. The van der Waals surface area contributed by atoms with Crippen LogP contribution in [-0.2, 0) is 0 Å². The molecule has 0 saturated heterocycles. The Bertz CT molecular complexity index is 493. The first-order valence-corrected chi connectivity index (χ1v) is 6.18. The van der Waals surface area contributed by atoms with Crippen molar-refractivity contribution in [2.75, 3.05) is 6.26 Å². The third-order valence-electron chi connectivity index (χ3n) is 1.87. The number of rotatable bonds is 3. The van der Waals surface area contributed by atoms with Gasteiger partial charge in [0.15, 0.2) is 5.15 Å². The maximum atomic E-state index is 5.73. The quantitative estimate of drug-likeness (QED) is 0.781. The molecule has 0 N–H and O–H groups in total. The molecule has 16 heavy (non-hydrogen) atoms. The van der Waals surface area contributed by atoms with Crippen LogP contribution in [0.15, 0.2) is 41.6 Å². The second-order valence-corrected chi connectivity index (χ2v) is 4.17. The van der Waals surface area contributed by atoms with Gasteiger partial charge in [-0.2, -0.15) is 4.98 Å². The van der Waals surface area contributed by atoms with Gasteiger partial charge in [-0.1, -0.05) is 23.7 Å². The molecule has 1 heterocycles. The highest BCUT2D eigenvalue weighted by atomic mass is 35.5. The normalized spacial score (nSPS) is 10.1. The van der Waals surface area contributed by atoms with Gasteiger partial charge >= 0.3 is 0 Å². The van der Waals surface area contributed by atoms with Gasteiger partial charge < -0.3 is 4.74 Å². The molecule has 82 valence electrons. The summed E-state index contributed by atoms with van der Waals surface area (Å²) in [7, 11) is 0. The number of thioether (sulfide) groups is 1. The lowest BCUT2D eigenvalue weighted by Crippen LogP contribution is -1.90. The molecule has 0 fully saturated rings. The summed E-state index contributed by atoms with van der Waals surface area (Å²) in [5.74, 6) is 1.15. The Morgan fingerprint density at radius 3 is 2.81 bits per heavy atom. The number of halogens is 1. The molecule has 0 unspecified atom stereocenters. The van der Waals surface area contributed by atoms with Gasteiger partial charge in [0.25, 0.3) is 0 Å². The maximum absolute atomic E-state index is 5.73. The third kappa shape index (κ3) is 2.65. The fraction of sp³-hybridized carbons (Fsp3) is 0.0909. The van der Waals surface area contributed by atoms with E-state index in [9.17, 15) is 0 Å². The largest absolute Gasteiger partial charge is 0.436 e. The van der Waals surface area contributed by atoms with E-state index < -0.39 is 0 Å². The molecule has 0 radical (unpaired) electrons. The first kappa shape index (κ1) is 11.2. The zero-order valence-electron chi connectivity index (χ0n) is 8.55. The van der Waals surface area contributed by atoms with E-state index in [1.165, 1.54) is 12.4 Å². The predicted molar refractivity (Wildman–Crippen MR) is 65.3 cm³/mol.